The van der Waals surface area contributed by atoms with Gasteiger partial charge in [-0.25, -0.2) is 9.97 Å². The highest BCUT2D eigenvalue weighted by Crippen LogP contribution is 2.29. The highest BCUT2D eigenvalue weighted by molar-refractivity contribution is 6.30. The molecule has 0 amide bonds. The Morgan fingerprint density at radius 1 is 1.30 bits per heavy atom. The predicted octanol–water partition coefficient (Wildman–Crippen LogP) is 3.43. The molecular weight excluding hydrogens is 270 g/mol. The molecule has 1 aliphatic rings. The molecule has 3 nitrogen and oxygen atoms in total. The molecule has 4 heteroatoms. The molecule has 0 radical (unpaired) electrons. The van der Waals surface area contributed by atoms with Crippen LogP contribution in [0.15, 0.2) is 36.7 Å². The third-order valence-electron chi connectivity index (χ3n) is 3.83. The highest BCUT2D eigenvalue weighted by atomic mass is 35.5. The smallest absolute Gasteiger partial charge is 0.125 e. The molecule has 1 aromatic heterocycles. The number of nitrogens with zero attached hydrogens (tertiary/aromatic N) is 3. The Labute approximate surface area is 124 Å². The van der Waals surface area contributed by atoms with E-state index in [0.29, 0.717) is 5.92 Å². The predicted molar refractivity (Wildman–Crippen MR) is 80.9 cm³/mol. The summed E-state index contributed by atoms with van der Waals surface area (Å²) in [7, 11) is 0. The van der Waals surface area contributed by atoms with Crippen molar-refractivity contribution in [2.45, 2.75) is 25.8 Å². The molecule has 1 saturated heterocycles. The van der Waals surface area contributed by atoms with Gasteiger partial charge >= 0.3 is 0 Å². The van der Waals surface area contributed by atoms with Crippen molar-refractivity contribution in [3.05, 3.63) is 58.6 Å². The van der Waals surface area contributed by atoms with E-state index in [1.54, 1.807) is 0 Å². The Hall–Kier alpha value is -1.45. The molecule has 1 aromatic carbocycles. The molecule has 1 aliphatic heterocycles. The van der Waals surface area contributed by atoms with Gasteiger partial charge in [0.2, 0.25) is 0 Å². The molecule has 20 heavy (non-hydrogen) atoms. The summed E-state index contributed by atoms with van der Waals surface area (Å²) in [5, 5.41) is 0.827. The third kappa shape index (κ3) is 3.17. The maximum atomic E-state index is 6.07. The number of aryl methyl sites for hydroxylation is 1. The number of hydrogen-bond donors (Lipinski definition) is 0. The van der Waals surface area contributed by atoms with E-state index in [2.05, 4.69) is 27.0 Å². The largest absolute Gasteiger partial charge is 0.298 e. The first kappa shape index (κ1) is 13.5. The van der Waals surface area contributed by atoms with Gasteiger partial charge in [0.15, 0.2) is 0 Å². The molecular formula is C16H18ClN3. The first-order chi connectivity index (χ1) is 9.70. The van der Waals surface area contributed by atoms with E-state index in [1.807, 2.05) is 31.5 Å². The lowest BCUT2D eigenvalue weighted by Gasteiger charge is -2.16. The minimum absolute atomic E-state index is 0.583. The molecule has 2 aromatic rings. The van der Waals surface area contributed by atoms with E-state index in [1.165, 1.54) is 17.5 Å². The lowest BCUT2D eigenvalue weighted by atomic mass is 9.99. The minimum Gasteiger partial charge on any atom is -0.298 e. The van der Waals surface area contributed by atoms with Gasteiger partial charge in [-0.1, -0.05) is 23.7 Å². The first-order valence-corrected chi connectivity index (χ1v) is 7.34. The zero-order chi connectivity index (χ0) is 13.9. The maximum absolute atomic E-state index is 6.07. The number of rotatable bonds is 3. The van der Waals surface area contributed by atoms with Crippen molar-refractivity contribution in [3.63, 3.8) is 0 Å². The van der Waals surface area contributed by atoms with Gasteiger partial charge < -0.3 is 0 Å². The van der Waals surface area contributed by atoms with Crippen LogP contribution in [0.25, 0.3) is 0 Å². The van der Waals surface area contributed by atoms with Crippen molar-refractivity contribution in [2.75, 3.05) is 13.1 Å². The monoisotopic (exact) mass is 287 g/mol. The number of likely N-dealkylation sites (tertiary alicyclic amines) is 1. The van der Waals surface area contributed by atoms with Crippen molar-refractivity contribution < 1.29 is 0 Å². The van der Waals surface area contributed by atoms with Crippen molar-refractivity contribution in [2.24, 2.45) is 0 Å². The SMILES string of the molecule is Cc1ncc(CN2CCC(c3cccc(Cl)c3)C2)cn1. The van der Waals surface area contributed by atoms with Crippen LogP contribution in [0, 0.1) is 6.92 Å². The number of hydrogen-bond acceptors (Lipinski definition) is 3. The van der Waals surface area contributed by atoms with Gasteiger partial charge in [0.25, 0.3) is 0 Å². The van der Waals surface area contributed by atoms with E-state index < -0.39 is 0 Å². The number of halogens is 1. The zero-order valence-corrected chi connectivity index (χ0v) is 12.3. The summed E-state index contributed by atoms with van der Waals surface area (Å²) < 4.78 is 0. The third-order valence-corrected chi connectivity index (χ3v) is 4.07. The van der Waals surface area contributed by atoms with Gasteiger partial charge in [-0.2, -0.15) is 0 Å². The van der Waals surface area contributed by atoms with Gasteiger partial charge in [-0.3, -0.25) is 4.90 Å². The van der Waals surface area contributed by atoms with Gasteiger partial charge in [0.1, 0.15) is 5.82 Å². The molecule has 3 rings (SSSR count). The van der Waals surface area contributed by atoms with Crippen LogP contribution in [-0.2, 0) is 6.54 Å². The number of benzene rings is 1. The fraction of sp³-hybridized carbons (Fsp3) is 0.375. The quantitative estimate of drug-likeness (QED) is 0.866. The standard InChI is InChI=1S/C16H18ClN3/c1-12-18-8-13(9-19-12)10-20-6-5-15(11-20)14-3-2-4-16(17)7-14/h2-4,7-9,15H,5-6,10-11H2,1H3. The second-order valence-corrected chi connectivity index (χ2v) is 5.85. The summed E-state index contributed by atoms with van der Waals surface area (Å²) in [5.74, 6) is 1.41. The lowest BCUT2D eigenvalue weighted by molar-refractivity contribution is 0.326. The highest BCUT2D eigenvalue weighted by Gasteiger charge is 2.23. The van der Waals surface area contributed by atoms with Gasteiger partial charge in [-0.05, 0) is 43.5 Å². The number of aromatic nitrogens is 2. The summed E-state index contributed by atoms with van der Waals surface area (Å²) in [6.07, 6.45) is 5.04. The molecule has 104 valence electrons. The van der Waals surface area contributed by atoms with E-state index in [4.69, 9.17) is 11.6 Å². The maximum Gasteiger partial charge on any atom is 0.125 e. The molecule has 1 fully saturated rings. The van der Waals surface area contributed by atoms with Gasteiger partial charge in [-0.15, -0.1) is 0 Å². The van der Waals surface area contributed by atoms with Crippen LogP contribution in [0.1, 0.15) is 29.3 Å². The summed E-state index contributed by atoms with van der Waals surface area (Å²) in [6, 6.07) is 8.23. The van der Waals surface area contributed by atoms with Crippen molar-refractivity contribution >= 4 is 11.6 Å². The molecule has 1 atom stereocenters. The summed E-state index contributed by atoms with van der Waals surface area (Å²) >= 11 is 6.07. The fourth-order valence-electron chi connectivity index (χ4n) is 2.77. The molecule has 0 aliphatic carbocycles. The summed E-state index contributed by atoms with van der Waals surface area (Å²) in [6.45, 7) is 5.03. The van der Waals surface area contributed by atoms with E-state index >= 15 is 0 Å². The summed E-state index contributed by atoms with van der Waals surface area (Å²) in [4.78, 5) is 11.0. The van der Waals surface area contributed by atoms with E-state index in [0.717, 1.165) is 30.5 Å². The topological polar surface area (TPSA) is 29.0 Å². The molecule has 0 bridgehead atoms. The van der Waals surface area contributed by atoms with Crippen molar-refractivity contribution in [3.8, 4) is 0 Å². The van der Waals surface area contributed by atoms with E-state index in [-0.39, 0.29) is 0 Å². The Morgan fingerprint density at radius 2 is 2.10 bits per heavy atom. The molecule has 0 N–H and O–H groups in total. The van der Waals surface area contributed by atoms with Crippen LogP contribution >= 0.6 is 11.6 Å². The van der Waals surface area contributed by atoms with Crippen LogP contribution in [0.3, 0.4) is 0 Å². The molecule has 0 saturated carbocycles. The molecule has 0 spiro atoms. The van der Waals surface area contributed by atoms with E-state index in [9.17, 15) is 0 Å². The van der Waals surface area contributed by atoms with Crippen molar-refractivity contribution in [1.29, 1.82) is 0 Å². The Balaban J connectivity index is 1.63. The Morgan fingerprint density at radius 3 is 2.85 bits per heavy atom. The summed E-state index contributed by atoms with van der Waals surface area (Å²) in [5.41, 5.74) is 2.53. The Kier molecular flexibility index (Phi) is 3.99. The average molecular weight is 288 g/mol. The molecule has 1 unspecified atom stereocenters. The Bertz CT molecular complexity index is 583. The van der Waals surface area contributed by atoms with Gasteiger partial charge in [0.05, 0.1) is 0 Å². The lowest BCUT2D eigenvalue weighted by Crippen LogP contribution is -2.20. The average Bonchev–Trinajstić information content (AvgIpc) is 2.90. The van der Waals surface area contributed by atoms with Crippen LogP contribution in [0.5, 0.6) is 0 Å². The van der Waals surface area contributed by atoms with Gasteiger partial charge in [0, 0.05) is 36.1 Å². The zero-order valence-electron chi connectivity index (χ0n) is 11.6. The van der Waals surface area contributed by atoms with Crippen LogP contribution in [-0.4, -0.2) is 28.0 Å². The molecule has 2 heterocycles. The van der Waals surface area contributed by atoms with Crippen LogP contribution in [0.2, 0.25) is 5.02 Å². The first-order valence-electron chi connectivity index (χ1n) is 6.96. The van der Waals surface area contributed by atoms with Crippen LogP contribution in [0.4, 0.5) is 0 Å². The second-order valence-electron chi connectivity index (χ2n) is 5.41. The van der Waals surface area contributed by atoms with Crippen molar-refractivity contribution in [1.82, 2.24) is 14.9 Å². The minimum atomic E-state index is 0.583. The fourth-order valence-corrected chi connectivity index (χ4v) is 2.97. The second kappa shape index (κ2) is 5.90. The van der Waals surface area contributed by atoms with Crippen LogP contribution < -0.4 is 0 Å². The normalized spacial score (nSPS) is 19.4.